The van der Waals surface area contributed by atoms with Crippen molar-refractivity contribution >= 4 is 21.2 Å². The molecule has 5 heteroatoms. The second-order valence-corrected chi connectivity index (χ2v) is 5.17. The molecule has 0 amide bonds. The van der Waals surface area contributed by atoms with Crippen molar-refractivity contribution in [2.75, 3.05) is 6.26 Å². The van der Waals surface area contributed by atoms with Gasteiger partial charge >= 0.3 is 0 Å². The third-order valence-electron chi connectivity index (χ3n) is 0.850. The van der Waals surface area contributed by atoms with Crippen LogP contribution in [0.2, 0.25) is 0 Å². The van der Waals surface area contributed by atoms with Crippen LogP contribution in [0.15, 0.2) is 10.5 Å². The van der Waals surface area contributed by atoms with E-state index in [9.17, 15) is 8.42 Å². The summed E-state index contributed by atoms with van der Waals surface area (Å²) >= 11 is 1.08. The van der Waals surface area contributed by atoms with Crippen molar-refractivity contribution in [1.29, 1.82) is 0 Å². The number of hydrogen-bond donors (Lipinski definition) is 0. The average molecular weight is 176 g/mol. The van der Waals surface area contributed by atoms with Gasteiger partial charge in [0.05, 0.1) is 0 Å². The summed E-state index contributed by atoms with van der Waals surface area (Å²) in [5.41, 5.74) is 0. The summed E-state index contributed by atoms with van der Waals surface area (Å²) in [5, 5.41) is 0. The minimum atomic E-state index is -3.11. The van der Waals surface area contributed by atoms with Crippen molar-refractivity contribution in [3.63, 3.8) is 0 Å². The summed E-state index contributed by atoms with van der Waals surface area (Å²) in [6.07, 6.45) is 2.58. The molecule has 1 heterocycles. The Hall–Kier alpha value is -0.420. The number of sulfone groups is 1. The Morgan fingerprint density at radius 1 is 1.70 bits per heavy atom. The fraction of sp³-hybridized carbons (Fsp3) is 0.200. The number of rotatable bonds is 1. The van der Waals surface area contributed by atoms with Crippen LogP contribution in [0.4, 0.5) is 0 Å². The van der Waals surface area contributed by atoms with Gasteiger partial charge in [0, 0.05) is 17.3 Å². The van der Waals surface area contributed by atoms with Crippen molar-refractivity contribution in [2.45, 2.75) is 4.34 Å². The van der Waals surface area contributed by atoms with Gasteiger partial charge in [-0.15, -0.1) is 11.3 Å². The van der Waals surface area contributed by atoms with Gasteiger partial charge in [-0.05, 0) is 6.92 Å². The molecule has 0 aromatic carbocycles. The van der Waals surface area contributed by atoms with E-state index < -0.39 is 9.84 Å². The first-order chi connectivity index (χ1) is 4.50. The van der Waals surface area contributed by atoms with Crippen molar-refractivity contribution < 1.29 is 8.42 Å². The quantitative estimate of drug-likeness (QED) is 0.633. The van der Waals surface area contributed by atoms with E-state index in [-0.39, 0.29) is 4.34 Å². The van der Waals surface area contributed by atoms with E-state index in [0.29, 0.717) is 4.88 Å². The molecule has 0 saturated heterocycles. The highest BCUT2D eigenvalue weighted by atomic mass is 32.2. The highest BCUT2D eigenvalue weighted by molar-refractivity contribution is 7.92. The maximum atomic E-state index is 10.8. The highest BCUT2D eigenvalue weighted by Gasteiger charge is 2.09. The molecule has 0 N–H and O–H groups in total. The lowest BCUT2D eigenvalue weighted by Crippen LogP contribution is -1.94. The normalized spacial score (nSPS) is 11.8. The fourth-order valence-corrected chi connectivity index (χ4v) is 2.07. The molecule has 0 fully saturated rings. The Morgan fingerprint density at radius 3 is 2.50 bits per heavy atom. The van der Waals surface area contributed by atoms with Crippen LogP contribution in [0.25, 0.3) is 0 Å². The van der Waals surface area contributed by atoms with Gasteiger partial charge in [0.1, 0.15) is 0 Å². The van der Waals surface area contributed by atoms with E-state index in [1.165, 1.54) is 6.20 Å². The van der Waals surface area contributed by atoms with E-state index in [1.54, 1.807) is 0 Å². The van der Waals surface area contributed by atoms with Crippen LogP contribution >= 0.6 is 11.3 Å². The smallest absolute Gasteiger partial charge is 0.209 e. The van der Waals surface area contributed by atoms with Crippen LogP contribution in [0.1, 0.15) is 4.88 Å². The minimum absolute atomic E-state index is 0.137. The molecule has 0 bridgehead atoms. The molecular weight excluding hydrogens is 170 g/mol. The largest absolute Gasteiger partial charge is 0.233 e. The molecule has 1 aromatic heterocycles. The van der Waals surface area contributed by atoms with Crippen molar-refractivity contribution in [1.82, 2.24) is 4.98 Å². The first kappa shape index (κ1) is 7.68. The Labute approximate surface area is 63.6 Å². The Balaban J connectivity index is 3.21. The number of nitrogens with zero attached hydrogens (tertiary/aromatic N) is 1. The second kappa shape index (κ2) is 2.32. The molecule has 0 unspecified atom stereocenters. The third-order valence-corrected chi connectivity index (χ3v) is 3.40. The molecular formula is C5H6NO2S2. The molecule has 0 aliphatic carbocycles. The second-order valence-electron chi connectivity index (χ2n) is 1.86. The van der Waals surface area contributed by atoms with Gasteiger partial charge in [-0.1, -0.05) is 0 Å². The van der Waals surface area contributed by atoms with E-state index in [1.807, 2.05) is 0 Å². The molecule has 1 radical (unpaired) electrons. The molecule has 3 nitrogen and oxygen atoms in total. The van der Waals surface area contributed by atoms with Crippen LogP contribution in [0.3, 0.4) is 0 Å². The van der Waals surface area contributed by atoms with Gasteiger partial charge in [-0.25, -0.2) is 13.4 Å². The van der Waals surface area contributed by atoms with Gasteiger partial charge < -0.3 is 0 Å². The average Bonchev–Trinajstić information content (AvgIpc) is 2.11. The molecule has 0 aliphatic heterocycles. The number of thiazole rings is 1. The molecule has 1 aromatic rings. The van der Waals surface area contributed by atoms with Gasteiger partial charge in [-0.3, -0.25) is 0 Å². The first-order valence-electron chi connectivity index (χ1n) is 2.48. The van der Waals surface area contributed by atoms with E-state index >= 15 is 0 Å². The summed E-state index contributed by atoms with van der Waals surface area (Å²) in [4.78, 5) is 4.32. The zero-order valence-corrected chi connectivity index (χ0v) is 7.00. The Bertz CT molecular complexity index is 325. The molecule has 0 spiro atoms. The molecule has 0 atom stereocenters. The van der Waals surface area contributed by atoms with E-state index in [4.69, 9.17) is 0 Å². The van der Waals surface area contributed by atoms with E-state index in [0.717, 1.165) is 17.6 Å². The zero-order valence-electron chi connectivity index (χ0n) is 5.36. The van der Waals surface area contributed by atoms with Crippen LogP contribution < -0.4 is 0 Å². The lowest BCUT2D eigenvalue weighted by atomic mass is 10.7. The Kier molecular flexibility index (Phi) is 1.78. The van der Waals surface area contributed by atoms with Crippen molar-refractivity contribution in [3.05, 3.63) is 18.0 Å². The molecule has 0 saturated carbocycles. The molecule has 55 valence electrons. The maximum Gasteiger partial charge on any atom is 0.209 e. The summed E-state index contributed by atoms with van der Waals surface area (Å²) < 4.78 is 21.7. The van der Waals surface area contributed by atoms with Gasteiger partial charge in [0.15, 0.2) is 0 Å². The predicted octanol–water partition coefficient (Wildman–Crippen LogP) is 0.729. The molecule has 10 heavy (non-hydrogen) atoms. The maximum absolute atomic E-state index is 10.8. The van der Waals surface area contributed by atoms with Crippen molar-refractivity contribution in [3.8, 4) is 0 Å². The lowest BCUT2D eigenvalue weighted by Gasteiger charge is -1.85. The summed E-state index contributed by atoms with van der Waals surface area (Å²) in [5.74, 6) is 0. The predicted molar refractivity (Wildman–Crippen MR) is 39.7 cm³/mol. The fourth-order valence-electron chi connectivity index (χ4n) is 0.461. The first-order valence-corrected chi connectivity index (χ1v) is 5.19. The van der Waals surface area contributed by atoms with Crippen LogP contribution in [-0.4, -0.2) is 19.7 Å². The molecule has 0 aliphatic rings. The standard InChI is InChI=1S/C5H6NO2S2/c1-4-3-6-5(9-4)10(2,7)8/h3H,1H2,2H3. The summed E-state index contributed by atoms with van der Waals surface area (Å²) in [6.45, 7) is 3.55. The third kappa shape index (κ3) is 1.54. The van der Waals surface area contributed by atoms with Crippen LogP contribution in [0.5, 0.6) is 0 Å². The minimum Gasteiger partial charge on any atom is -0.233 e. The highest BCUT2D eigenvalue weighted by Crippen LogP contribution is 2.15. The van der Waals surface area contributed by atoms with Crippen molar-refractivity contribution in [2.24, 2.45) is 0 Å². The number of aromatic nitrogens is 1. The topological polar surface area (TPSA) is 47.0 Å². The van der Waals surface area contributed by atoms with Gasteiger partial charge in [0.2, 0.25) is 14.2 Å². The SMILES string of the molecule is [CH2]c1cnc(S(C)(=O)=O)s1. The molecule has 1 rings (SSSR count). The lowest BCUT2D eigenvalue weighted by molar-refractivity contribution is 0.601. The monoisotopic (exact) mass is 176 g/mol. The van der Waals surface area contributed by atoms with Gasteiger partial charge in [-0.2, -0.15) is 0 Å². The Morgan fingerprint density at radius 2 is 2.30 bits per heavy atom. The number of hydrogen-bond acceptors (Lipinski definition) is 4. The summed E-state index contributed by atoms with van der Waals surface area (Å²) in [7, 11) is -3.11. The summed E-state index contributed by atoms with van der Waals surface area (Å²) in [6, 6.07) is 0. The van der Waals surface area contributed by atoms with Crippen LogP contribution in [0, 0.1) is 6.92 Å². The van der Waals surface area contributed by atoms with Crippen LogP contribution in [-0.2, 0) is 9.84 Å². The van der Waals surface area contributed by atoms with Gasteiger partial charge in [0.25, 0.3) is 0 Å². The zero-order chi connectivity index (χ0) is 7.78. The van der Waals surface area contributed by atoms with E-state index in [2.05, 4.69) is 11.9 Å².